The van der Waals surface area contributed by atoms with Crippen LogP contribution >= 0.6 is 0 Å². The fourth-order valence-corrected chi connectivity index (χ4v) is 0.532. The molecule has 0 aliphatic carbocycles. The minimum Gasteiger partial charge on any atom is -0.387 e. The van der Waals surface area contributed by atoms with E-state index in [4.69, 9.17) is 10.2 Å². The topological polar surface area (TPSA) is 49.7 Å². The molecule has 46 valence electrons. The van der Waals surface area contributed by atoms with Crippen molar-refractivity contribution in [1.82, 2.24) is 0 Å². The Morgan fingerprint density at radius 2 is 2.12 bits per heavy atom. The lowest BCUT2D eigenvalue weighted by molar-refractivity contribution is -0.0941. The van der Waals surface area contributed by atoms with E-state index in [1.54, 1.807) is 0 Å². The van der Waals surface area contributed by atoms with Gasteiger partial charge in [0.25, 0.3) is 0 Å². The SMILES string of the molecule is OC1C=CC(O)OC1. The van der Waals surface area contributed by atoms with Crippen LogP contribution in [0.4, 0.5) is 0 Å². The van der Waals surface area contributed by atoms with Crippen molar-refractivity contribution < 1.29 is 14.9 Å². The molecule has 0 aromatic rings. The second-order valence-corrected chi connectivity index (χ2v) is 1.68. The van der Waals surface area contributed by atoms with Crippen LogP contribution in [0.25, 0.3) is 0 Å². The molecule has 1 aliphatic heterocycles. The van der Waals surface area contributed by atoms with Gasteiger partial charge in [-0.2, -0.15) is 0 Å². The van der Waals surface area contributed by atoms with Crippen LogP contribution in [0.5, 0.6) is 0 Å². The molecular formula is C5H8O3. The third-order valence-electron chi connectivity index (χ3n) is 0.936. The fraction of sp³-hybridized carbons (Fsp3) is 0.600. The summed E-state index contributed by atoms with van der Waals surface area (Å²) in [4.78, 5) is 0. The number of hydrogen-bond acceptors (Lipinski definition) is 3. The van der Waals surface area contributed by atoms with E-state index in [0.717, 1.165) is 0 Å². The van der Waals surface area contributed by atoms with Crippen LogP contribution in [0.15, 0.2) is 12.2 Å². The van der Waals surface area contributed by atoms with Crippen molar-refractivity contribution in [2.75, 3.05) is 6.61 Å². The van der Waals surface area contributed by atoms with Crippen LogP contribution in [0.3, 0.4) is 0 Å². The van der Waals surface area contributed by atoms with Crippen LogP contribution in [0.1, 0.15) is 0 Å². The Morgan fingerprint density at radius 3 is 2.50 bits per heavy atom. The molecule has 8 heavy (non-hydrogen) atoms. The average Bonchev–Trinajstić information content (AvgIpc) is 1.77. The quantitative estimate of drug-likeness (QED) is 0.409. The molecule has 0 amide bonds. The van der Waals surface area contributed by atoms with Gasteiger partial charge < -0.3 is 14.9 Å². The van der Waals surface area contributed by atoms with Gasteiger partial charge in [0.05, 0.1) is 12.7 Å². The van der Waals surface area contributed by atoms with E-state index in [0.29, 0.717) is 0 Å². The Balaban J connectivity index is 2.42. The van der Waals surface area contributed by atoms with Crippen LogP contribution in [-0.2, 0) is 4.74 Å². The monoisotopic (exact) mass is 116 g/mol. The summed E-state index contributed by atoms with van der Waals surface area (Å²) in [7, 11) is 0. The molecule has 1 aliphatic rings. The zero-order valence-electron chi connectivity index (χ0n) is 4.32. The molecule has 0 aromatic carbocycles. The van der Waals surface area contributed by atoms with Gasteiger partial charge in [0.15, 0.2) is 6.29 Å². The van der Waals surface area contributed by atoms with Crippen molar-refractivity contribution in [3.05, 3.63) is 12.2 Å². The first kappa shape index (κ1) is 5.75. The number of aliphatic hydroxyl groups excluding tert-OH is 2. The standard InChI is InChI=1S/C5H8O3/c6-4-1-2-5(7)8-3-4/h1-2,4-7H,3H2. The lowest BCUT2D eigenvalue weighted by Crippen LogP contribution is -2.23. The lowest BCUT2D eigenvalue weighted by atomic mass is 10.3. The number of ether oxygens (including phenoxy) is 1. The van der Waals surface area contributed by atoms with Gasteiger partial charge in [0.2, 0.25) is 0 Å². The molecule has 0 spiro atoms. The van der Waals surface area contributed by atoms with E-state index in [1.807, 2.05) is 0 Å². The smallest absolute Gasteiger partial charge is 0.174 e. The average molecular weight is 116 g/mol. The van der Waals surface area contributed by atoms with Gasteiger partial charge in [-0.15, -0.1) is 0 Å². The summed E-state index contributed by atoms with van der Waals surface area (Å²) in [5.74, 6) is 0. The van der Waals surface area contributed by atoms with Crippen molar-refractivity contribution in [3.63, 3.8) is 0 Å². The zero-order chi connectivity index (χ0) is 5.98. The highest BCUT2D eigenvalue weighted by Crippen LogP contribution is 2.00. The van der Waals surface area contributed by atoms with Crippen molar-refractivity contribution in [2.24, 2.45) is 0 Å². The first-order chi connectivity index (χ1) is 3.79. The van der Waals surface area contributed by atoms with Crippen LogP contribution in [-0.4, -0.2) is 29.2 Å². The highest BCUT2D eigenvalue weighted by Gasteiger charge is 2.09. The summed E-state index contributed by atoms with van der Waals surface area (Å²) in [6.45, 7) is 0.192. The normalized spacial score (nSPS) is 37.8. The van der Waals surface area contributed by atoms with Crippen molar-refractivity contribution in [1.29, 1.82) is 0 Å². The van der Waals surface area contributed by atoms with E-state index in [-0.39, 0.29) is 6.61 Å². The Morgan fingerprint density at radius 1 is 1.38 bits per heavy atom. The summed E-state index contributed by atoms with van der Waals surface area (Å²) in [5.41, 5.74) is 0. The molecule has 0 saturated heterocycles. The molecular weight excluding hydrogens is 108 g/mol. The van der Waals surface area contributed by atoms with Crippen molar-refractivity contribution in [2.45, 2.75) is 12.4 Å². The highest BCUT2D eigenvalue weighted by atomic mass is 16.6. The molecule has 0 fully saturated rings. The van der Waals surface area contributed by atoms with E-state index in [9.17, 15) is 0 Å². The minimum atomic E-state index is -0.821. The summed E-state index contributed by atoms with van der Waals surface area (Å²) in [5, 5.41) is 17.3. The van der Waals surface area contributed by atoms with Crippen LogP contribution in [0.2, 0.25) is 0 Å². The molecule has 3 heteroatoms. The maximum atomic E-state index is 8.70. The summed E-state index contributed by atoms with van der Waals surface area (Å²) < 4.78 is 4.61. The Labute approximate surface area is 47.2 Å². The Hall–Kier alpha value is -0.380. The Kier molecular flexibility index (Phi) is 1.62. The van der Waals surface area contributed by atoms with Crippen LogP contribution < -0.4 is 0 Å². The van der Waals surface area contributed by atoms with Gasteiger partial charge in [-0.1, -0.05) is 6.08 Å². The van der Waals surface area contributed by atoms with Crippen molar-refractivity contribution >= 4 is 0 Å². The largest absolute Gasteiger partial charge is 0.387 e. The molecule has 0 radical (unpaired) electrons. The predicted octanol–water partition coefficient (Wildman–Crippen LogP) is -0.748. The maximum Gasteiger partial charge on any atom is 0.174 e. The first-order valence-electron chi connectivity index (χ1n) is 2.45. The zero-order valence-corrected chi connectivity index (χ0v) is 4.32. The molecule has 2 unspecified atom stereocenters. The maximum absolute atomic E-state index is 8.70. The number of rotatable bonds is 0. The summed E-state index contributed by atoms with van der Waals surface area (Å²) in [6, 6.07) is 0. The second-order valence-electron chi connectivity index (χ2n) is 1.68. The van der Waals surface area contributed by atoms with Gasteiger partial charge in [0.1, 0.15) is 0 Å². The number of aliphatic hydroxyl groups is 2. The molecule has 2 N–H and O–H groups in total. The molecule has 1 heterocycles. The summed E-state index contributed by atoms with van der Waals surface area (Å²) >= 11 is 0. The van der Waals surface area contributed by atoms with Crippen molar-refractivity contribution in [3.8, 4) is 0 Å². The highest BCUT2D eigenvalue weighted by molar-refractivity contribution is 4.94. The minimum absolute atomic E-state index is 0.192. The molecule has 3 nitrogen and oxygen atoms in total. The lowest BCUT2D eigenvalue weighted by Gasteiger charge is -2.15. The predicted molar refractivity (Wildman–Crippen MR) is 27.1 cm³/mol. The van der Waals surface area contributed by atoms with Gasteiger partial charge in [-0.05, 0) is 6.08 Å². The molecule has 1 rings (SSSR count). The molecule has 0 aromatic heterocycles. The molecule has 0 bridgehead atoms. The third kappa shape index (κ3) is 1.30. The van der Waals surface area contributed by atoms with Gasteiger partial charge in [0, 0.05) is 0 Å². The van der Waals surface area contributed by atoms with E-state index < -0.39 is 12.4 Å². The fourth-order valence-electron chi connectivity index (χ4n) is 0.532. The Bertz CT molecular complexity index is 87.8. The van der Waals surface area contributed by atoms with E-state index in [2.05, 4.69) is 4.74 Å². The third-order valence-corrected chi connectivity index (χ3v) is 0.936. The number of hydrogen-bond donors (Lipinski definition) is 2. The molecule has 0 saturated carbocycles. The van der Waals surface area contributed by atoms with Crippen LogP contribution in [0, 0.1) is 0 Å². The second kappa shape index (κ2) is 2.26. The summed E-state index contributed by atoms with van der Waals surface area (Å²) in [6.07, 6.45) is 1.55. The van der Waals surface area contributed by atoms with E-state index in [1.165, 1.54) is 12.2 Å². The van der Waals surface area contributed by atoms with E-state index >= 15 is 0 Å². The molecule has 2 atom stereocenters. The first-order valence-corrected chi connectivity index (χ1v) is 2.45. The van der Waals surface area contributed by atoms with Gasteiger partial charge in [-0.3, -0.25) is 0 Å². The van der Waals surface area contributed by atoms with Gasteiger partial charge >= 0.3 is 0 Å². The van der Waals surface area contributed by atoms with Gasteiger partial charge in [-0.25, -0.2) is 0 Å².